The Balaban J connectivity index is 2.55. The minimum Gasteiger partial charge on any atom is -0.337 e. The predicted molar refractivity (Wildman–Crippen MR) is 80.6 cm³/mol. The van der Waals surface area contributed by atoms with Crippen LogP contribution in [0.15, 0.2) is 18.2 Å². The first kappa shape index (κ1) is 16.5. The first-order chi connectivity index (χ1) is 9.20. The highest BCUT2D eigenvalue weighted by Gasteiger charge is 2.12. The molecule has 0 saturated carbocycles. The molecule has 6 heteroatoms. The van der Waals surface area contributed by atoms with E-state index < -0.39 is 9.84 Å². The van der Waals surface area contributed by atoms with Gasteiger partial charge in [-0.1, -0.05) is 18.2 Å². The average Bonchev–Trinajstić information content (AvgIpc) is 2.30. The van der Waals surface area contributed by atoms with E-state index in [1.54, 1.807) is 0 Å². The quantitative estimate of drug-likeness (QED) is 0.869. The number of hydrogen-bond donors (Lipinski definition) is 2. The number of rotatable bonds is 5. The first-order valence-corrected chi connectivity index (χ1v) is 8.55. The van der Waals surface area contributed by atoms with E-state index >= 15 is 0 Å². The van der Waals surface area contributed by atoms with Crippen LogP contribution < -0.4 is 10.6 Å². The number of sulfone groups is 1. The lowest BCUT2D eigenvalue weighted by Gasteiger charge is -2.18. The Labute approximate surface area is 120 Å². The van der Waals surface area contributed by atoms with Gasteiger partial charge < -0.3 is 10.6 Å². The van der Waals surface area contributed by atoms with Crippen LogP contribution in [0.1, 0.15) is 29.7 Å². The van der Waals surface area contributed by atoms with Crippen molar-refractivity contribution in [2.75, 3.05) is 18.6 Å². The molecule has 2 amide bonds. The summed E-state index contributed by atoms with van der Waals surface area (Å²) in [6.07, 6.45) is 1.14. The third kappa shape index (κ3) is 5.21. The molecule has 0 radical (unpaired) electrons. The molecule has 0 aliphatic carbocycles. The zero-order chi connectivity index (χ0) is 15.3. The van der Waals surface area contributed by atoms with Crippen molar-refractivity contribution in [1.29, 1.82) is 0 Å². The van der Waals surface area contributed by atoms with Gasteiger partial charge in [-0.15, -0.1) is 0 Å². The van der Waals surface area contributed by atoms with Crippen molar-refractivity contribution in [3.8, 4) is 0 Å². The number of carbonyl (C=O) groups excluding carboxylic acids is 1. The molecule has 1 aromatic carbocycles. The summed E-state index contributed by atoms with van der Waals surface area (Å²) in [5.74, 6) is -0.0573. The standard InChI is InChI=1S/C14H22N2O3S/c1-10-6-5-7-13(11(10)2)12(3)16-14(17)15-8-9-20(4,18)19/h5-7,12H,8-9H2,1-4H3,(H2,15,16,17)/t12-/m1/s1. The van der Waals surface area contributed by atoms with Crippen molar-refractivity contribution < 1.29 is 13.2 Å². The zero-order valence-corrected chi connectivity index (χ0v) is 13.2. The topological polar surface area (TPSA) is 75.3 Å². The first-order valence-electron chi connectivity index (χ1n) is 6.49. The van der Waals surface area contributed by atoms with Crippen LogP contribution in [0.3, 0.4) is 0 Å². The van der Waals surface area contributed by atoms with Gasteiger partial charge in [0.2, 0.25) is 0 Å². The largest absolute Gasteiger partial charge is 0.337 e. The molecule has 20 heavy (non-hydrogen) atoms. The minimum absolute atomic E-state index is 0.0573. The fourth-order valence-electron chi connectivity index (χ4n) is 1.92. The Kier molecular flexibility index (Phi) is 5.56. The zero-order valence-electron chi connectivity index (χ0n) is 12.4. The van der Waals surface area contributed by atoms with E-state index in [0.717, 1.165) is 17.4 Å². The second-order valence-corrected chi connectivity index (χ2v) is 7.30. The number of amides is 2. The Hall–Kier alpha value is -1.56. The maximum atomic E-state index is 11.7. The molecule has 1 aromatic rings. The Morgan fingerprint density at radius 3 is 2.55 bits per heavy atom. The fourth-order valence-corrected chi connectivity index (χ4v) is 2.39. The lowest BCUT2D eigenvalue weighted by Crippen LogP contribution is -2.39. The summed E-state index contributed by atoms with van der Waals surface area (Å²) in [4.78, 5) is 11.7. The van der Waals surface area contributed by atoms with Crippen LogP contribution in [-0.4, -0.2) is 33.0 Å². The molecule has 5 nitrogen and oxygen atoms in total. The fraction of sp³-hybridized carbons (Fsp3) is 0.500. The molecule has 0 fully saturated rings. The van der Waals surface area contributed by atoms with Gasteiger partial charge in [-0.25, -0.2) is 13.2 Å². The number of urea groups is 1. The molecule has 0 bridgehead atoms. The van der Waals surface area contributed by atoms with Crippen LogP contribution in [0.25, 0.3) is 0 Å². The van der Waals surface area contributed by atoms with Crippen LogP contribution >= 0.6 is 0 Å². The maximum Gasteiger partial charge on any atom is 0.315 e. The van der Waals surface area contributed by atoms with E-state index in [-0.39, 0.29) is 24.4 Å². The van der Waals surface area contributed by atoms with Gasteiger partial charge in [-0.3, -0.25) is 0 Å². The molecular weight excluding hydrogens is 276 g/mol. The third-order valence-corrected chi connectivity index (χ3v) is 4.16. The lowest BCUT2D eigenvalue weighted by molar-refractivity contribution is 0.238. The van der Waals surface area contributed by atoms with Gasteiger partial charge in [0.15, 0.2) is 0 Å². The monoisotopic (exact) mass is 298 g/mol. The number of carbonyl (C=O) groups is 1. The van der Waals surface area contributed by atoms with Crippen molar-refractivity contribution in [2.24, 2.45) is 0 Å². The van der Waals surface area contributed by atoms with Crippen LogP contribution in [-0.2, 0) is 9.84 Å². The van der Waals surface area contributed by atoms with E-state index in [2.05, 4.69) is 10.6 Å². The average molecular weight is 298 g/mol. The molecule has 1 atom stereocenters. The molecule has 2 N–H and O–H groups in total. The summed E-state index contributed by atoms with van der Waals surface area (Å²) in [5.41, 5.74) is 3.38. The number of aryl methyl sites for hydroxylation is 1. The predicted octanol–water partition coefficient (Wildman–Crippen LogP) is 1.71. The van der Waals surface area contributed by atoms with Gasteiger partial charge >= 0.3 is 6.03 Å². The van der Waals surface area contributed by atoms with E-state index in [1.165, 1.54) is 5.56 Å². The smallest absolute Gasteiger partial charge is 0.315 e. The second-order valence-electron chi connectivity index (χ2n) is 5.04. The van der Waals surface area contributed by atoms with Crippen molar-refractivity contribution in [3.05, 3.63) is 34.9 Å². The van der Waals surface area contributed by atoms with Gasteiger partial charge in [0.05, 0.1) is 11.8 Å². The highest BCUT2D eigenvalue weighted by Crippen LogP contribution is 2.19. The lowest BCUT2D eigenvalue weighted by atomic mass is 9.98. The summed E-state index contributed by atoms with van der Waals surface area (Å²) < 4.78 is 21.9. The molecule has 0 saturated heterocycles. The van der Waals surface area contributed by atoms with Gasteiger partial charge in [-0.05, 0) is 37.5 Å². The Bertz CT molecular complexity index is 582. The SMILES string of the molecule is Cc1cccc([C@@H](C)NC(=O)NCCS(C)(=O)=O)c1C. The Morgan fingerprint density at radius 1 is 1.30 bits per heavy atom. The highest BCUT2D eigenvalue weighted by molar-refractivity contribution is 7.90. The molecule has 0 aliphatic heterocycles. The van der Waals surface area contributed by atoms with E-state index in [0.29, 0.717) is 0 Å². The van der Waals surface area contributed by atoms with Gasteiger partial charge in [-0.2, -0.15) is 0 Å². The molecule has 0 aromatic heterocycles. The molecule has 1 rings (SSSR count). The summed E-state index contributed by atoms with van der Waals surface area (Å²) in [6, 6.07) is 5.47. The van der Waals surface area contributed by atoms with E-state index in [1.807, 2.05) is 39.0 Å². The normalized spacial score (nSPS) is 12.8. The van der Waals surface area contributed by atoms with E-state index in [4.69, 9.17) is 0 Å². The third-order valence-electron chi connectivity index (χ3n) is 3.22. The molecule has 0 aliphatic rings. The number of hydrogen-bond acceptors (Lipinski definition) is 3. The molecule has 112 valence electrons. The van der Waals surface area contributed by atoms with Gasteiger partial charge in [0.25, 0.3) is 0 Å². The molecule has 0 heterocycles. The number of nitrogens with one attached hydrogen (secondary N) is 2. The minimum atomic E-state index is -3.06. The van der Waals surface area contributed by atoms with Gasteiger partial charge in [0, 0.05) is 12.8 Å². The van der Waals surface area contributed by atoms with Crippen molar-refractivity contribution >= 4 is 15.9 Å². The van der Waals surface area contributed by atoms with Crippen LogP contribution in [0.5, 0.6) is 0 Å². The Morgan fingerprint density at radius 2 is 1.95 bits per heavy atom. The van der Waals surface area contributed by atoms with E-state index in [9.17, 15) is 13.2 Å². The van der Waals surface area contributed by atoms with Crippen LogP contribution in [0.4, 0.5) is 4.79 Å². The molecular formula is C14H22N2O3S. The molecule has 0 unspecified atom stereocenters. The van der Waals surface area contributed by atoms with Crippen molar-refractivity contribution in [2.45, 2.75) is 26.8 Å². The summed E-state index contributed by atoms with van der Waals surface area (Å²) >= 11 is 0. The maximum absolute atomic E-state index is 11.7. The van der Waals surface area contributed by atoms with Crippen molar-refractivity contribution in [1.82, 2.24) is 10.6 Å². The molecule has 0 spiro atoms. The summed E-state index contributed by atoms with van der Waals surface area (Å²) in [7, 11) is -3.06. The van der Waals surface area contributed by atoms with Crippen LogP contribution in [0, 0.1) is 13.8 Å². The summed E-state index contributed by atoms with van der Waals surface area (Å²) in [5, 5.41) is 5.35. The van der Waals surface area contributed by atoms with Crippen LogP contribution in [0.2, 0.25) is 0 Å². The van der Waals surface area contributed by atoms with Gasteiger partial charge in [0.1, 0.15) is 9.84 Å². The highest BCUT2D eigenvalue weighted by atomic mass is 32.2. The number of benzene rings is 1. The van der Waals surface area contributed by atoms with Crippen molar-refractivity contribution in [3.63, 3.8) is 0 Å². The second kappa shape index (κ2) is 6.74. The summed E-state index contributed by atoms with van der Waals surface area (Å²) in [6.45, 7) is 6.06.